The predicted octanol–water partition coefficient (Wildman–Crippen LogP) is 2.23. The topological polar surface area (TPSA) is 66.6 Å². The second kappa shape index (κ2) is 5.63. The van der Waals surface area contributed by atoms with Crippen LogP contribution in [0.5, 0.6) is 0 Å². The maximum atomic E-state index is 11.0. The van der Waals surface area contributed by atoms with Crippen LogP contribution >= 0.6 is 0 Å². The molecule has 2 N–H and O–H groups in total. The van der Waals surface area contributed by atoms with E-state index in [4.69, 9.17) is 5.11 Å². The van der Waals surface area contributed by atoms with Crippen molar-refractivity contribution in [2.75, 3.05) is 6.54 Å². The van der Waals surface area contributed by atoms with Crippen molar-refractivity contribution in [3.8, 4) is 0 Å². The van der Waals surface area contributed by atoms with Gasteiger partial charge in [0.15, 0.2) is 0 Å². The van der Waals surface area contributed by atoms with Gasteiger partial charge in [0.1, 0.15) is 5.65 Å². The zero-order valence-corrected chi connectivity index (χ0v) is 12.2. The zero-order chi connectivity index (χ0) is 14.8. The highest BCUT2D eigenvalue weighted by atomic mass is 16.4. The SMILES string of the molecule is Cc1cccc2ncc(CNCCC(C)(C)C(=O)O)n12. The summed E-state index contributed by atoms with van der Waals surface area (Å²) in [6.07, 6.45) is 2.45. The quantitative estimate of drug-likeness (QED) is 0.793. The number of hydrogen-bond donors (Lipinski definition) is 2. The first-order valence-corrected chi connectivity index (χ1v) is 6.78. The van der Waals surface area contributed by atoms with Crippen LogP contribution in [0.25, 0.3) is 5.65 Å². The molecule has 0 aliphatic rings. The van der Waals surface area contributed by atoms with Crippen molar-refractivity contribution in [1.82, 2.24) is 14.7 Å². The minimum atomic E-state index is -0.759. The fourth-order valence-electron chi connectivity index (χ4n) is 2.12. The third-order valence-electron chi connectivity index (χ3n) is 3.61. The summed E-state index contributed by atoms with van der Waals surface area (Å²) in [6, 6.07) is 6.01. The summed E-state index contributed by atoms with van der Waals surface area (Å²) in [5.41, 5.74) is 2.48. The number of rotatable bonds is 6. The smallest absolute Gasteiger partial charge is 0.309 e. The summed E-state index contributed by atoms with van der Waals surface area (Å²) in [5.74, 6) is -0.759. The van der Waals surface area contributed by atoms with Gasteiger partial charge in [0, 0.05) is 12.2 Å². The van der Waals surface area contributed by atoms with E-state index in [1.54, 1.807) is 13.8 Å². The number of carboxylic acid groups (broad SMARTS) is 1. The van der Waals surface area contributed by atoms with Crippen molar-refractivity contribution >= 4 is 11.6 Å². The normalized spacial score (nSPS) is 11.9. The van der Waals surface area contributed by atoms with E-state index >= 15 is 0 Å². The number of hydrogen-bond acceptors (Lipinski definition) is 3. The Morgan fingerprint density at radius 3 is 2.90 bits per heavy atom. The molecule has 108 valence electrons. The summed E-state index contributed by atoms with van der Waals surface area (Å²) < 4.78 is 2.11. The Kier molecular flexibility index (Phi) is 4.09. The Bertz CT molecular complexity index is 617. The number of carboxylic acids is 1. The van der Waals surface area contributed by atoms with E-state index in [1.807, 2.05) is 31.3 Å². The number of aromatic nitrogens is 2. The first kappa shape index (κ1) is 14.5. The van der Waals surface area contributed by atoms with Gasteiger partial charge >= 0.3 is 5.97 Å². The highest BCUT2D eigenvalue weighted by Gasteiger charge is 2.26. The highest BCUT2D eigenvalue weighted by Crippen LogP contribution is 2.19. The monoisotopic (exact) mass is 275 g/mol. The second-order valence-electron chi connectivity index (χ2n) is 5.73. The molecule has 0 atom stereocenters. The lowest BCUT2D eigenvalue weighted by molar-refractivity contribution is -0.147. The predicted molar refractivity (Wildman–Crippen MR) is 77.7 cm³/mol. The number of imidazole rings is 1. The Labute approximate surface area is 118 Å². The summed E-state index contributed by atoms with van der Waals surface area (Å²) >= 11 is 0. The van der Waals surface area contributed by atoms with Crippen molar-refractivity contribution in [3.63, 3.8) is 0 Å². The molecule has 2 aromatic heterocycles. The van der Waals surface area contributed by atoms with Crippen molar-refractivity contribution < 1.29 is 9.90 Å². The maximum absolute atomic E-state index is 11.0. The molecule has 0 aliphatic carbocycles. The molecule has 0 unspecified atom stereocenters. The molecule has 2 rings (SSSR count). The van der Waals surface area contributed by atoms with E-state index in [0.717, 1.165) is 17.0 Å². The van der Waals surface area contributed by atoms with E-state index in [0.29, 0.717) is 19.5 Å². The number of pyridine rings is 1. The Hall–Kier alpha value is -1.88. The molecule has 0 radical (unpaired) electrons. The van der Waals surface area contributed by atoms with Gasteiger partial charge in [0.05, 0.1) is 17.3 Å². The largest absolute Gasteiger partial charge is 0.481 e. The van der Waals surface area contributed by atoms with E-state index in [2.05, 4.69) is 14.7 Å². The van der Waals surface area contributed by atoms with Crippen LogP contribution < -0.4 is 5.32 Å². The van der Waals surface area contributed by atoms with Gasteiger partial charge in [0.25, 0.3) is 0 Å². The fraction of sp³-hybridized carbons (Fsp3) is 0.467. The Morgan fingerprint density at radius 1 is 1.45 bits per heavy atom. The standard InChI is InChI=1S/C15H21N3O2/c1-11-5-4-6-13-17-10-12(18(11)13)9-16-8-7-15(2,3)14(19)20/h4-6,10,16H,7-9H2,1-3H3,(H,19,20). The van der Waals surface area contributed by atoms with Crippen LogP contribution in [-0.2, 0) is 11.3 Å². The van der Waals surface area contributed by atoms with E-state index in [9.17, 15) is 4.79 Å². The summed E-state index contributed by atoms with van der Waals surface area (Å²) in [7, 11) is 0. The number of nitrogens with one attached hydrogen (secondary N) is 1. The molecule has 0 aromatic carbocycles. The van der Waals surface area contributed by atoms with Crippen molar-refractivity contribution in [3.05, 3.63) is 35.8 Å². The number of carbonyl (C=O) groups is 1. The van der Waals surface area contributed by atoms with Gasteiger partial charge in [0.2, 0.25) is 0 Å². The van der Waals surface area contributed by atoms with Crippen molar-refractivity contribution in [1.29, 1.82) is 0 Å². The number of fused-ring (bicyclic) bond motifs is 1. The fourth-order valence-corrected chi connectivity index (χ4v) is 2.12. The molecule has 2 aromatic rings. The van der Waals surface area contributed by atoms with Gasteiger partial charge in [-0.25, -0.2) is 4.98 Å². The van der Waals surface area contributed by atoms with Crippen LogP contribution in [0.4, 0.5) is 0 Å². The molecular weight excluding hydrogens is 254 g/mol. The lowest BCUT2D eigenvalue weighted by Crippen LogP contribution is -2.29. The molecule has 0 saturated carbocycles. The van der Waals surface area contributed by atoms with Gasteiger partial charge in [-0.05, 0) is 45.9 Å². The van der Waals surface area contributed by atoms with Crippen LogP contribution in [0, 0.1) is 12.3 Å². The summed E-state index contributed by atoms with van der Waals surface area (Å²) in [5, 5.41) is 12.4. The minimum absolute atomic E-state index is 0.595. The molecule has 0 amide bonds. The van der Waals surface area contributed by atoms with E-state index < -0.39 is 11.4 Å². The number of aliphatic carboxylic acids is 1. The molecule has 0 saturated heterocycles. The first-order chi connectivity index (χ1) is 9.42. The zero-order valence-electron chi connectivity index (χ0n) is 12.2. The molecule has 0 aliphatic heterocycles. The lowest BCUT2D eigenvalue weighted by atomic mass is 9.90. The Balaban J connectivity index is 1.96. The molecule has 0 fully saturated rings. The molecule has 5 nitrogen and oxygen atoms in total. The highest BCUT2D eigenvalue weighted by molar-refractivity contribution is 5.73. The Morgan fingerprint density at radius 2 is 2.20 bits per heavy atom. The van der Waals surface area contributed by atoms with E-state index in [1.165, 1.54) is 0 Å². The summed E-state index contributed by atoms with van der Waals surface area (Å²) in [4.78, 5) is 15.4. The third-order valence-corrected chi connectivity index (χ3v) is 3.61. The molecule has 0 spiro atoms. The third kappa shape index (κ3) is 2.99. The van der Waals surface area contributed by atoms with E-state index in [-0.39, 0.29) is 0 Å². The lowest BCUT2D eigenvalue weighted by Gasteiger charge is -2.18. The van der Waals surface area contributed by atoms with Gasteiger partial charge in [-0.3, -0.25) is 4.79 Å². The van der Waals surface area contributed by atoms with Crippen LogP contribution in [-0.4, -0.2) is 27.0 Å². The van der Waals surface area contributed by atoms with Crippen LogP contribution in [0.2, 0.25) is 0 Å². The van der Waals surface area contributed by atoms with Crippen LogP contribution in [0.3, 0.4) is 0 Å². The van der Waals surface area contributed by atoms with Gasteiger partial charge in [-0.1, -0.05) is 6.07 Å². The molecule has 20 heavy (non-hydrogen) atoms. The average Bonchev–Trinajstić information content (AvgIpc) is 2.79. The molecule has 5 heteroatoms. The minimum Gasteiger partial charge on any atom is -0.481 e. The van der Waals surface area contributed by atoms with Crippen molar-refractivity contribution in [2.45, 2.75) is 33.7 Å². The first-order valence-electron chi connectivity index (χ1n) is 6.78. The van der Waals surface area contributed by atoms with Gasteiger partial charge in [-0.15, -0.1) is 0 Å². The number of nitrogens with zero attached hydrogens (tertiary/aromatic N) is 2. The van der Waals surface area contributed by atoms with Crippen molar-refractivity contribution in [2.24, 2.45) is 5.41 Å². The molecular formula is C15H21N3O2. The van der Waals surface area contributed by atoms with Gasteiger partial charge < -0.3 is 14.8 Å². The molecule has 2 heterocycles. The molecule has 0 bridgehead atoms. The summed E-state index contributed by atoms with van der Waals surface area (Å²) in [6.45, 7) is 6.89. The van der Waals surface area contributed by atoms with Gasteiger partial charge in [-0.2, -0.15) is 0 Å². The average molecular weight is 275 g/mol. The maximum Gasteiger partial charge on any atom is 0.309 e. The van der Waals surface area contributed by atoms with Crippen LogP contribution in [0.1, 0.15) is 31.7 Å². The van der Waals surface area contributed by atoms with Crippen LogP contribution in [0.15, 0.2) is 24.4 Å². The number of aryl methyl sites for hydroxylation is 1. The second-order valence-corrected chi connectivity index (χ2v) is 5.73.